The van der Waals surface area contributed by atoms with Crippen LogP contribution in [-0.2, 0) is 10.0 Å². The number of methoxy groups -OCH3 is 1. The van der Waals surface area contributed by atoms with Crippen LogP contribution >= 0.6 is 0 Å². The highest BCUT2D eigenvalue weighted by molar-refractivity contribution is 7.92. The third kappa shape index (κ3) is 4.08. The Hall–Kier alpha value is -2.74. The molecule has 2 rings (SSSR count). The molecule has 0 atom stereocenters. The number of carbonyl (C=O) groups excluding carboxylic acids is 1. The number of carboxylic acids is 1. The van der Waals surface area contributed by atoms with Gasteiger partial charge >= 0.3 is 0 Å². The van der Waals surface area contributed by atoms with Crippen LogP contribution in [0.25, 0.3) is 0 Å². The van der Waals surface area contributed by atoms with E-state index < -0.39 is 16.0 Å². The zero-order chi connectivity index (χ0) is 19.5. The van der Waals surface area contributed by atoms with Crippen molar-refractivity contribution in [1.82, 2.24) is 0 Å². The van der Waals surface area contributed by atoms with Gasteiger partial charge in [-0.1, -0.05) is 0 Å². The minimum absolute atomic E-state index is 0.121. The molecule has 140 valence electrons. The summed E-state index contributed by atoms with van der Waals surface area (Å²) in [5, 5.41) is 11.1. The van der Waals surface area contributed by atoms with E-state index in [1.807, 2.05) is 6.92 Å². The van der Waals surface area contributed by atoms with Crippen LogP contribution < -0.4 is 19.3 Å². The van der Waals surface area contributed by atoms with E-state index in [9.17, 15) is 18.3 Å². The largest absolute Gasteiger partial charge is 0.545 e. The number of hydrogen-bond acceptors (Lipinski definition) is 6. The second-order valence-electron chi connectivity index (χ2n) is 5.61. The van der Waals surface area contributed by atoms with Gasteiger partial charge in [0.1, 0.15) is 0 Å². The lowest BCUT2D eigenvalue weighted by molar-refractivity contribution is -0.255. The van der Waals surface area contributed by atoms with Gasteiger partial charge in [0.2, 0.25) is 0 Å². The lowest BCUT2D eigenvalue weighted by Gasteiger charge is -2.16. The van der Waals surface area contributed by atoms with Crippen LogP contribution in [0.1, 0.15) is 28.4 Å². The molecule has 0 radical (unpaired) electrons. The zero-order valence-corrected chi connectivity index (χ0v) is 15.8. The zero-order valence-electron chi connectivity index (χ0n) is 15.0. The molecule has 0 amide bonds. The lowest BCUT2D eigenvalue weighted by atomic mass is 10.1. The molecule has 0 fully saturated rings. The highest BCUT2D eigenvalue weighted by Crippen LogP contribution is 2.31. The number of aromatic carboxylic acids is 1. The van der Waals surface area contributed by atoms with Crippen LogP contribution in [0.3, 0.4) is 0 Å². The van der Waals surface area contributed by atoms with E-state index in [4.69, 9.17) is 9.47 Å². The van der Waals surface area contributed by atoms with Crippen molar-refractivity contribution in [2.45, 2.75) is 25.7 Å². The Balaban J connectivity index is 2.45. The Morgan fingerprint density at radius 2 is 1.85 bits per heavy atom. The lowest BCUT2D eigenvalue weighted by Crippen LogP contribution is -2.23. The second kappa shape index (κ2) is 7.65. The van der Waals surface area contributed by atoms with E-state index in [-0.39, 0.29) is 16.1 Å². The average molecular weight is 378 g/mol. The number of anilines is 1. The van der Waals surface area contributed by atoms with Crippen molar-refractivity contribution in [3.63, 3.8) is 0 Å². The van der Waals surface area contributed by atoms with Crippen molar-refractivity contribution in [3.05, 3.63) is 47.0 Å². The number of hydrogen-bond donors (Lipinski definition) is 1. The first-order valence-electron chi connectivity index (χ1n) is 7.85. The molecular weight excluding hydrogens is 358 g/mol. The first-order chi connectivity index (χ1) is 12.2. The fourth-order valence-corrected chi connectivity index (χ4v) is 3.83. The maximum absolute atomic E-state index is 12.8. The Morgan fingerprint density at radius 3 is 2.42 bits per heavy atom. The maximum Gasteiger partial charge on any atom is 0.262 e. The minimum Gasteiger partial charge on any atom is -0.545 e. The van der Waals surface area contributed by atoms with E-state index in [2.05, 4.69) is 4.72 Å². The summed E-state index contributed by atoms with van der Waals surface area (Å²) in [5.74, 6) is -0.570. The van der Waals surface area contributed by atoms with Gasteiger partial charge in [-0.15, -0.1) is 0 Å². The monoisotopic (exact) mass is 378 g/mol. The fraction of sp³-hybridized carbons (Fsp3) is 0.278. The number of carboxylic acid groups (broad SMARTS) is 1. The molecule has 0 bridgehead atoms. The van der Waals surface area contributed by atoms with Gasteiger partial charge in [0.25, 0.3) is 10.0 Å². The van der Waals surface area contributed by atoms with E-state index >= 15 is 0 Å². The van der Waals surface area contributed by atoms with Crippen molar-refractivity contribution in [2.24, 2.45) is 0 Å². The third-order valence-electron chi connectivity index (χ3n) is 3.86. The number of ether oxygens (including phenoxy) is 2. The second-order valence-corrected chi connectivity index (χ2v) is 7.26. The molecule has 0 saturated carbocycles. The fourth-order valence-electron chi connectivity index (χ4n) is 2.44. The van der Waals surface area contributed by atoms with Crippen molar-refractivity contribution in [3.8, 4) is 11.5 Å². The van der Waals surface area contributed by atoms with Crippen LogP contribution in [0.5, 0.6) is 11.5 Å². The number of aryl methyl sites for hydroxylation is 1. The average Bonchev–Trinajstić information content (AvgIpc) is 2.58. The van der Waals surface area contributed by atoms with Gasteiger partial charge in [0, 0.05) is 6.07 Å². The predicted octanol–water partition coefficient (Wildman–Crippen LogP) is 1.88. The van der Waals surface area contributed by atoms with Crippen molar-refractivity contribution in [1.29, 1.82) is 0 Å². The van der Waals surface area contributed by atoms with Crippen molar-refractivity contribution >= 4 is 21.7 Å². The normalized spacial score (nSPS) is 11.1. The van der Waals surface area contributed by atoms with Gasteiger partial charge in [0.05, 0.1) is 30.3 Å². The van der Waals surface area contributed by atoms with Gasteiger partial charge in [-0.25, -0.2) is 8.42 Å². The van der Waals surface area contributed by atoms with Crippen LogP contribution in [0.4, 0.5) is 5.69 Å². The summed E-state index contributed by atoms with van der Waals surface area (Å²) in [6.45, 7) is 5.52. The molecule has 2 aromatic carbocycles. The number of nitrogens with one attached hydrogen (secondary N) is 1. The van der Waals surface area contributed by atoms with Crippen molar-refractivity contribution < 1.29 is 27.8 Å². The van der Waals surface area contributed by atoms with Gasteiger partial charge in [-0.05, 0) is 61.7 Å². The topological polar surface area (TPSA) is 105 Å². The van der Waals surface area contributed by atoms with Gasteiger partial charge < -0.3 is 19.4 Å². The Labute approximate surface area is 152 Å². The van der Waals surface area contributed by atoms with E-state index in [1.165, 1.54) is 25.3 Å². The first-order valence-corrected chi connectivity index (χ1v) is 9.34. The molecule has 0 aromatic heterocycles. The number of benzene rings is 2. The summed E-state index contributed by atoms with van der Waals surface area (Å²) in [5.41, 5.74) is 1.07. The molecule has 0 saturated heterocycles. The van der Waals surface area contributed by atoms with Crippen LogP contribution in [0.15, 0.2) is 35.2 Å². The number of rotatable bonds is 7. The van der Waals surface area contributed by atoms with Gasteiger partial charge in [0.15, 0.2) is 11.5 Å². The molecule has 7 nitrogen and oxygen atoms in total. The van der Waals surface area contributed by atoms with Crippen LogP contribution in [-0.4, -0.2) is 28.1 Å². The molecule has 2 aromatic rings. The quantitative estimate of drug-likeness (QED) is 0.789. The van der Waals surface area contributed by atoms with Gasteiger partial charge in [-0.2, -0.15) is 0 Å². The molecule has 0 unspecified atom stereocenters. The summed E-state index contributed by atoms with van der Waals surface area (Å²) < 4.78 is 38.6. The van der Waals surface area contributed by atoms with Gasteiger partial charge in [-0.3, -0.25) is 4.72 Å². The third-order valence-corrected chi connectivity index (χ3v) is 5.37. The molecular formula is C18H20NO6S-. The van der Waals surface area contributed by atoms with Crippen LogP contribution in [0, 0.1) is 13.8 Å². The molecule has 1 N–H and O–H groups in total. The summed E-state index contributed by atoms with van der Waals surface area (Å²) in [7, 11) is -2.56. The molecule has 0 aliphatic carbocycles. The highest BCUT2D eigenvalue weighted by Gasteiger charge is 2.20. The summed E-state index contributed by atoms with van der Waals surface area (Å²) in [4.78, 5) is 11.0. The van der Waals surface area contributed by atoms with Crippen molar-refractivity contribution in [2.75, 3.05) is 18.4 Å². The number of sulfonamides is 1. The number of carbonyl (C=O) groups is 1. The SMILES string of the molecule is CCOc1ccc(NS(=O)(=O)c2cc(C(=O)[O-])cc(C)c2C)cc1OC. The summed E-state index contributed by atoms with van der Waals surface area (Å²) in [6.07, 6.45) is 0. The molecule has 0 heterocycles. The first kappa shape index (κ1) is 19.6. The van der Waals surface area contributed by atoms with Crippen LogP contribution in [0.2, 0.25) is 0 Å². The molecule has 8 heteroatoms. The summed E-state index contributed by atoms with van der Waals surface area (Å²) >= 11 is 0. The Morgan fingerprint density at radius 1 is 1.15 bits per heavy atom. The smallest absolute Gasteiger partial charge is 0.262 e. The predicted molar refractivity (Wildman–Crippen MR) is 95.2 cm³/mol. The molecule has 0 aliphatic heterocycles. The Kier molecular flexibility index (Phi) is 5.76. The van der Waals surface area contributed by atoms with E-state index in [0.29, 0.717) is 29.2 Å². The highest BCUT2D eigenvalue weighted by atomic mass is 32.2. The maximum atomic E-state index is 12.8. The van der Waals surface area contributed by atoms with E-state index in [0.717, 1.165) is 6.07 Å². The molecule has 0 aliphatic rings. The Bertz CT molecular complexity index is 937. The van der Waals surface area contributed by atoms with E-state index in [1.54, 1.807) is 19.9 Å². The standard InChI is InChI=1S/C18H21NO6S/c1-5-25-15-7-6-14(10-16(15)24-4)19-26(22,23)17-9-13(18(20)21)8-11(2)12(17)3/h6-10,19H,5H2,1-4H3,(H,20,21)/p-1. The minimum atomic E-state index is -4.01. The summed E-state index contributed by atoms with van der Waals surface area (Å²) in [6, 6.07) is 7.09. The molecule has 0 spiro atoms. The molecule has 26 heavy (non-hydrogen) atoms.